The number of aromatic nitrogens is 4. The molecule has 1 heterocycles. The Balaban J connectivity index is 1.53. The highest BCUT2D eigenvalue weighted by Crippen LogP contribution is 2.22. The van der Waals surface area contributed by atoms with Gasteiger partial charge in [-0.3, -0.25) is 9.59 Å². The third kappa shape index (κ3) is 5.24. The van der Waals surface area contributed by atoms with Gasteiger partial charge >= 0.3 is 0 Å². The predicted octanol–water partition coefficient (Wildman–Crippen LogP) is 2.69. The Morgan fingerprint density at radius 1 is 1.07 bits per heavy atom. The van der Waals surface area contributed by atoms with Crippen LogP contribution in [0.25, 0.3) is 5.69 Å². The summed E-state index contributed by atoms with van der Waals surface area (Å²) in [5, 5.41) is 17.8. The molecule has 3 aromatic rings. The van der Waals surface area contributed by atoms with Crippen LogP contribution in [0.2, 0.25) is 0 Å². The van der Waals surface area contributed by atoms with E-state index in [2.05, 4.69) is 26.2 Å². The largest absolute Gasteiger partial charge is 0.346 e. The van der Waals surface area contributed by atoms with Crippen molar-refractivity contribution in [2.24, 2.45) is 0 Å². The number of carbonyl (C=O) groups excluding carboxylic acids is 2. The van der Waals surface area contributed by atoms with Gasteiger partial charge in [0.25, 0.3) is 0 Å². The normalized spacial score (nSPS) is 10.6. The number of amides is 2. The average Bonchev–Trinajstić information content (AvgIpc) is 3.21. The van der Waals surface area contributed by atoms with Gasteiger partial charge in [-0.25, -0.2) is 0 Å². The van der Waals surface area contributed by atoms with Crippen LogP contribution in [0, 0.1) is 13.8 Å². The number of hydrogen-bond acceptors (Lipinski definition) is 6. The topological polar surface area (TPSA) is 102 Å². The van der Waals surface area contributed by atoms with Crippen LogP contribution in [-0.2, 0) is 16.0 Å². The summed E-state index contributed by atoms with van der Waals surface area (Å²) in [5.41, 5.74) is 4.89. The van der Waals surface area contributed by atoms with Crippen molar-refractivity contribution in [3.63, 3.8) is 0 Å². The van der Waals surface area contributed by atoms with Gasteiger partial charge in [-0.2, -0.15) is 4.68 Å². The summed E-state index contributed by atoms with van der Waals surface area (Å²) in [4.78, 5) is 24.4. The summed E-state index contributed by atoms with van der Waals surface area (Å²) >= 11 is 1.22. The number of nitrogens with zero attached hydrogens (tertiary/aromatic N) is 4. The predicted molar refractivity (Wildman–Crippen MR) is 117 cm³/mol. The van der Waals surface area contributed by atoms with Gasteiger partial charge in [-0.1, -0.05) is 49.0 Å². The molecule has 0 atom stereocenters. The van der Waals surface area contributed by atoms with Gasteiger partial charge in [-0.05, 0) is 59.5 Å². The minimum atomic E-state index is -0.269. The van der Waals surface area contributed by atoms with Crippen LogP contribution in [0.3, 0.4) is 0 Å². The first-order valence-electron chi connectivity index (χ1n) is 9.61. The Labute approximate surface area is 179 Å². The van der Waals surface area contributed by atoms with Crippen LogP contribution in [0.1, 0.15) is 23.6 Å². The number of carbonyl (C=O) groups is 2. The van der Waals surface area contributed by atoms with Crippen LogP contribution in [-0.4, -0.2) is 44.3 Å². The second-order valence-corrected chi connectivity index (χ2v) is 7.66. The van der Waals surface area contributed by atoms with Crippen LogP contribution in [0.5, 0.6) is 0 Å². The minimum Gasteiger partial charge on any atom is -0.346 e. The number of rotatable bonds is 8. The lowest BCUT2D eigenvalue weighted by Gasteiger charge is -2.11. The van der Waals surface area contributed by atoms with Crippen molar-refractivity contribution >= 4 is 29.3 Å². The second-order valence-electron chi connectivity index (χ2n) is 6.72. The summed E-state index contributed by atoms with van der Waals surface area (Å²) in [6, 6.07) is 13.5. The lowest BCUT2D eigenvalue weighted by atomic mass is 10.1. The highest BCUT2D eigenvalue weighted by molar-refractivity contribution is 7.99. The van der Waals surface area contributed by atoms with Gasteiger partial charge in [0.15, 0.2) is 0 Å². The van der Waals surface area contributed by atoms with Crippen molar-refractivity contribution in [2.75, 3.05) is 17.6 Å². The first kappa shape index (κ1) is 21.5. The Morgan fingerprint density at radius 2 is 1.87 bits per heavy atom. The molecule has 8 nitrogen and oxygen atoms in total. The van der Waals surface area contributed by atoms with Gasteiger partial charge in [0, 0.05) is 5.69 Å². The number of aryl methyl sites for hydroxylation is 2. The van der Waals surface area contributed by atoms with Crippen molar-refractivity contribution < 1.29 is 9.59 Å². The SMILES string of the molecule is CCc1ccccc1NC(=O)CNC(=O)CSc1nnnn1-c1cccc(C)c1C. The third-order valence-electron chi connectivity index (χ3n) is 4.70. The summed E-state index contributed by atoms with van der Waals surface area (Å²) in [7, 11) is 0. The first-order chi connectivity index (χ1) is 14.5. The van der Waals surface area contributed by atoms with Crippen LogP contribution < -0.4 is 10.6 Å². The molecule has 0 unspecified atom stereocenters. The Bertz CT molecular complexity index is 1050. The summed E-state index contributed by atoms with van der Waals surface area (Å²) in [6.07, 6.45) is 0.814. The van der Waals surface area contributed by atoms with Crippen molar-refractivity contribution in [3.05, 3.63) is 59.2 Å². The fraction of sp³-hybridized carbons (Fsp3) is 0.286. The van der Waals surface area contributed by atoms with E-state index < -0.39 is 0 Å². The van der Waals surface area contributed by atoms with E-state index in [1.807, 2.05) is 63.2 Å². The minimum absolute atomic E-state index is 0.0978. The van der Waals surface area contributed by atoms with Crippen molar-refractivity contribution in [1.29, 1.82) is 0 Å². The molecule has 1 aromatic heterocycles. The molecule has 0 aliphatic heterocycles. The quantitative estimate of drug-likeness (QED) is 0.539. The smallest absolute Gasteiger partial charge is 0.243 e. The zero-order valence-corrected chi connectivity index (χ0v) is 18.0. The number of nitrogens with one attached hydrogen (secondary N) is 2. The molecule has 0 fully saturated rings. The van der Waals surface area contributed by atoms with E-state index in [0.29, 0.717) is 5.16 Å². The highest BCUT2D eigenvalue weighted by atomic mass is 32.2. The molecule has 0 aliphatic carbocycles. The maximum absolute atomic E-state index is 12.2. The number of para-hydroxylation sites is 1. The van der Waals surface area contributed by atoms with Crippen LogP contribution in [0.4, 0.5) is 5.69 Å². The number of benzene rings is 2. The maximum atomic E-state index is 12.2. The molecule has 0 saturated carbocycles. The molecule has 30 heavy (non-hydrogen) atoms. The Morgan fingerprint density at radius 3 is 2.67 bits per heavy atom. The molecule has 3 rings (SSSR count). The number of tetrazole rings is 1. The van der Waals surface area contributed by atoms with Gasteiger partial charge in [0.05, 0.1) is 18.0 Å². The van der Waals surface area contributed by atoms with E-state index in [0.717, 1.165) is 34.5 Å². The second kappa shape index (κ2) is 10.0. The lowest BCUT2D eigenvalue weighted by Crippen LogP contribution is -2.34. The van der Waals surface area contributed by atoms with Gasteiger partial charge < -0.3 is 10.6 Å². The molecule has 156 valence electrons. The maximum Gasteiger partial charge on any atom is 0.243 e. The fourth-order valence-corrected chi connectivity index (χ4v) is 3.60. The fourth-order valence-electron chi connectivity index (χ4n) is 2.89. The molecule has 2 aromatic carbocycles. The standard InChI is InChI=1S/C21H24N6O2S/c1-4-16-9-5-6-10-17(16)23-19(28)12-22-20(29)13-30-21-24-25-26-27(21)18-11-7-8-14(2)15(18)3/h5-11H,4,12-13H2,1-3H3,(H,22,29)(H,23,28). The number of anilines is 1. The molecule has 2 N–H and O–H groups in total. The van der Waals surface area contributed by atoms with Crippen molar-refractivity contribution in [3.8, 4) is 5.69 Å². The summed E-state index contributed by atoms with van der Waals surface area (Å²) in [5.74, 6) is -0.437. The molecule has 0 spiro atoms. The molecule has 9 heteroatoms. The average molecular weight is 425 g/mol. The zero-order chi connectivity index (χ0) is 21.5. The molecule has 2 amide bonds. The van der Waals surface area contributed by atoms with Gasteiger partial charge in [0.2, 0.25) is 17.0 Å². The third-order valence-corrected chi connectivity index (χ3v) is 5.62. The monoisotopic (exact) mass is 424 g/mol. The lowest BCUT2D eigenvalue weighted by molar-refractivity contribution is -0.122. The Kier molecular flexibility index (Phi) is 7.18. The van der Waals surface area contributed by atoms with Crippen LogP contribution in [0.15, 0.2) is 47.6 Å². The van der Waals surface area contributed by atoms with E-state index in [1.165, 1.54) is 11.8 Å². The summed E-state index contributed by atoms with van der Waals surface area (Å²) < 4.78 is 1.62. The van der Waals surface area contributed by atoms with E-state index in [1.54, 1.807) is 4.68 Å². The molecule has 0 saturated heterocycles. The first-order valence-corrected chi connectivity index (χ1v) is 10.6. The summed E-state index contributed by atoms with van der Waals surface area (Å²) in [6.45, 7) is 5.95. The molecule has 0 aliphatic rings. The number of thioether (sulfide) groups is 1. The Hall–Kier alpha value is -3.20. The molecular weight excluding hydrogens is 400 g/mol. The van der Waals surface area contributed by atoms with E-state index >= 15 is 0 Å². The molecular formula is C21H24N6O2S. The van der Waals surface area contributed by atoms with Crippen molar-refractivity contribution in [1.82, 2.24) is 25.5 Å². The van der Waals surface area contributed by atoms with Crippen LogP contribution >= 0.6 is 11.8 Å². The molecule has 0 radical (unpaired) electrons. The number of hydrogen-bond donors (Lipinski definition) is 2. The van der Waals surface area contributed by atoms with Crippen molar-refractivity contribution in [2.45, 2.75) is 32.3 Å². The van der Waals surface area contributed by atoms with E-state index in [4.69, 9.17) is 0 Å². The molecule has 0 bridgehead atoms. The zero-order valence-electron chi connectivity index (χ0n) is 17.2. The van der Waals surface area contributed by atoms with E-state index in [-0.39, 0.29) is 24.1 Å². The van der Waals surface area contributed by atoms with Gasteiger partial charge in [0.1, 0.15) is 0 Å². The van der Waals surface area contributed by atoms with E-state index in [9.17, 15) is 9.59 Å². The highest BCUT2D eigenvalue weighted by Gasteiger charge is 2.14. The van der Waals surface area contributed by atoms with Gasteiger partial charge in [-0.15, -0.1) is 5.10 Å².